The van der Waals surface area contributed by atoms with E-state index in [2.05, 4.69) is 17.4 Å². The number of hydrogen-bond donors (Lipinski definition) is 3. The van der Waals surface area contributed by atoms with Crippen LogP contribution in [0.3, 0.4) is 0 Å². The van der Waals surface area contributed by atoms with E-state index in [0.717, 1.165) is 33.6 Å². The van der Waals surface area contributed by atoms with E-state index in [4.69, 9.17) is 4.74 Å². The van der Waals surface area contributed by atoms with E-state index < -0.39 is 36.2 Å². The predicted molar refractivity (Wildman–Crippen MR) is 130 cm³/mol. The number of ether oxygens (including phenoxy) is 1. The second-order valence-electron chi connectivity index (χ2n) is 9.51. The van der Waals surface area contributed by atoms with Crippen LogP contribution in [0.1, 0.15) is 50.2 Å². The molecule has 2 aliphatic rings. The molecule has 3 N–H and O–H groups in total. The molecule has 1 fully saturated rings. The third-order valence-corrected chi connectivity index (χ3v) is 7.12. The molecule has 8 heteroatoms. The van der Waals surface area contributed by atoms with Crippen molar-refractivity contribution in [1.29, 1.82) is 0 Å². The molecule has 4 rings (SSSR count). The summed E-state index contributed by atoms with van der Waals surface area (Å²) in [5, 5.41) is 22.1. The molecule has 0 radical (unpaired) electrons. The lowest BCUT2D eigenvalue weighted by atomic mass is 9.98. The van der Waals surface area contributed by atoms with E-state index in [0.29, 0.717) is 6.42 Å². The fraction of sp³-hybridized carbons (Fsp3) is 0.444. The first-order chi connectivity index (χ1) is 16.8. The van der Waals surface area contributed by atoms with Gasteiger partial charge in [-0.3, -0.25) is 4.79 Å². The first-order valence-electron chi connectivity index (χ1n) is 12.1. The van der Waals surface area contributed by atoms with Gasteiger partial charge in [0.05, 0.1) is 6.10 Å². The largest absolute Gasteiger partial charge is 0.480 e. The van der Waals surface area contributed by atoms with Gasteiger partial charge in [0.25, 0.3) is 0 Å². The Balaban J connectivity index is 1.46. The SMILES string of the molecule is CCC(C)CC(NC(=O)OCC1c2ccccc2-c2ccccc21)C(=O)N1CC(O)C[C@H]1C(=O)O. The van der Waals surface area contributed by atoms with Crippen LogP contribution in [0.4, 0.5) is 4.79 Å². The van der Waals surface area contributed by atoms with Crippen molar-refractivity contribution in [3.63, 3.8) is 0 Å². The summed E-state index contributed by atoms with van der Waals surface area (Å²) in [5.74, 6) is -1.67. The van der Waals surface area contributed by atoms with E-state index in [1.54, 1.807) is 0 Å². The Labute approximate surface area is 204 Å². The maximum absolute atomic E-state index is 13.3. The van der Waals surface area contributed by atoms with Crippen LogP contribution in [0.2, 0.25) is 0 Å². The topological polar surface area (TPSA) is 116 Å². The third-order valence-electron chi connectivity index (χ3n) is 7.12. The molecule has 0 bridgehead atoms. The molecule has 0 aromatic heterocycles. The van der Waals surface area contributed by atoms with E-state index in [9.17, 15) is 24.6 Å². The minimum Gasteiger partial charge on any atom is -0.480 e. The molecule has 1 saturated heterocycles. The fourth-order valence-corrected chi connectivity index (χ4v) is 5.06. The maximum Gasteiger partial charge on any atom is 0.407 e. The lowest BCUT2D eigenvalue weighted by Crippen LogP contribution is -2.52. The molecule has 0 spiro atoms. The Morgan fingerprint density at radius 1 is 1.09 bits per heavy atom. The first-order valence-corrected chi connectivity index (χ1v) is 12.1. The number of carbonyl (C=O) groups excluding carboxylic acids is 2. The molecule has 2 aromatic carbocycles. The van der Waals surface area contributed by atoms with Crippen LogP contribution in [0.5, 0.6) is 0 Å². The molecule has 35 heavy (non-hydrogen) atoms. The van der Waals surface area contributed by atoms with Gasteiger partial charge in [0.2, 0.25) is 5.91 Å². The van der Waals surface area contributed by atoms with Crippen molar-refractivity contribution in [3.05, 3.63) is 59.7 Å². The maximum atomic E-state index is 13.3. The smallest absolute Gasteiger partial charge is 0.407 e. The van der Waals surface area contributed by atoms with Crippen LogP contribution in [0.15, 0.2) is 48.5 Å². The number of carboxylic acids is 1. The molecule has 4 atom stereocenters. The van der Waals surface area contributed by atoms with Gasteiger partial charge in [-0.25, -0.2) is 9.59 Å². The molecule has 3 unspecified atom stereocenters. The van der Waals surface area contributed by atoms with Crippen molar-refractivity contribution in [2.75, 3.05) is 13.2 Å². The molecule has 0 saturated carbocycles. The number of carbonyl (C=O) groups is 3. The average Bonchev–Trinajstić information content (AvgIpc) is 3.40. The summed E-state index contributed by atoms with van der Waals surface area (Å²) in [6, 6.07) is 14.0. The first kappa shape index (κ1) is 24.7. The van der Waals surface area contributed by atoms with Gasteiger partial charge in [0.15, 0.2) is 0 Å². The lowest BCUT2D eigenvalue weighted by molar-refractivity contribution is -0.149. The van der Waals surface area contributed by atoms with E-state index in [1.807, 2.05) is 50.2 Å². The van der Waals surface area contributed by atoms with Crippen molar-refractivity contribution in [1.82, 2.24) is 10.2 Å². The molecule has 2 aromatic rings. The fourth-order valence-electron chi connectivity index (χ4n) is 5.06. The van der Waals surface area contributed by atoms with Gasteiger partial charge in [-0.1, -0.05) is 68.8 Å². The van der Waals surface area contributed by atoms with Crippen LogP contribution in [0.25, 0.3) is 11.1 Å². The number of aliphatic carboxylic acids is 1. The lowest BCUT2D eigenvalue weighted by Gasteiger charge is -2.28. The second kappa shape index (κ2) is 10.5. The monoisotopic (exact) mass is 480 g/mol. The van der Waals surface area contributed by atoms with E-state index in [1.165, 1.54) is 0 Å². The summed E-state index contributed by atoms with van der Waals surface area (Å²) in [6.45, 7) is 4.00. The summed E-state index contributed by atoms with van der Waals surface area (Å²) >= 11 is 0. The summed E-state index contributed by atoms with van der Waals surface area (Å²) in [4.78, 5) is 38.9. The summed E-state index contributed by atoms with van der Waals surface area (Å²) in [7, 11) is 0. The highest BCUT2D eigenvalue weighted by molar-refractivity contribution is 5.90. The van der Waals surface area contributed by atoms with Crippen LogP contribution < -0.4 is 5.32 Å². The zero-order valence-corrected chi connectivity index (χ0v) is 20.0. The zero-order valence-electron chi connectivity index (χ0n) is 20.0. The highest BCUT2D eigenvalue weighted by Gasteiger charge is 2.42. The number of hydrogen-bond acceptors (Lipinski definition) is 5. The van der Waals surface area contributed by atoms with Gasteiger partial charge in [-0.2, -0.15) is 0 Å². The number of amides is 2. The van der Waals surface area contributed by atoms with Gasteiger partial charge in [-0.05, 0) is 34.6 Å². The number of aliphatic hydroxyl groups excluding tert-OH is 1. The van der Waals surface area contributed by atoms with Crippen molar-refractivity contribution in [2.24, 2.45) is 5.92 Å². The third kappa shape index (κ3) is 5.17. The Bertz CT molecular complexity index is 1060. The highest BCUT2D eigenvalue weighted by atomic mass is 16.5. The number of fused-ring (bicyclic) bond motifs is 3. The van der Waals surface area contributed by atoms with Gasteiger partial charge in [-0.15, -0.1) is 0 Å². The quantitative estimate of drug-likeness (QED) is 0.534. The highest BCUT2D eigenvalue weighted by Crippen LogP contribution is 2.44. The zero-order chi connectivity index (χ0) is 25.1. The minimum atomic E-state index is -1.17. The average molecular weight is 481 g/mol. The number of nitrogens with one attached hydrogen (secondary N) is 1. The van der Waals surface area contributed by atoms with Crippen LogP contribution in [-0.4, -0.2) is 64.4 Å². The molecular weight excluding hydrogens is 448 g/mol. The van der Waals surface area contributed by atoms with Gasteiger partial charge in [0.1, 0.15) is 18.7 Å². The molecule has 1 aliphatic heterocycles. The normalized spacial score (nSPS) is 20.6. The number of benzene rings is 2. The Kier molecular flexibility index (Phi) is 7.40. The van der Waals surface area contributed by atoms with Crippen molar-refractivity contribution < 1.29 is 29.3 Å². The number of carboxylic acid groups (broad SMARTS) is 1. The van der Waals surface area contributed by atoms with Crippen LogP contribution in [-0.2, 0) is 14.3 Å². The van der Waals surface area contributed by atoms with Crippen molar-refractivity contribution in [3.8, 4) is 11.1 Å². The van der Waals surface area contributed by atoms with E-state index in [-0.39, 0.29) is 31.4 Å². The molecular formula is C27H32N2O6. The van der Waals surface area contributed by atoms with Crippen LogP contribution >= 0.6 is 0 Å². The van der Waals surface area contributed by atoms with Crippen molar-refractivity contribution in [2.45, 2.75) is 57.2 Å². The summed E-state index contributed by atoms with van der Waals surface area (Å²) in [5.41, 5.74) is 4.41. The predicted octanol–water partition coefficient (Wildman–Crippen LogP) is 3.38. The van der Waals surface area contributed by atoms with E-state index >= 15 is 0 Å². The van der Waals surface area contributed by atoms with Gasteiger partial charge >= 0.3 is 12.1 Å². The minimum absolute atomic E-state index is 0.0257. The number of alkyl carbamates (subject to hydrolysis) is 1. The summed E-state index contributed by atoms with van der Waals surface area (Å²) in [6.07, 6.45) is -0.513. The number of aliphatic hydroxyl groups is 1. The Morgan fingerprint density at radius 3 is 2.26 bits per heavy atom. The van der Waals surface area contributed by atoms with Gasteiger partial charge < -0.3 is 25.2 Å². The molecule has 2 amide bonds. The molecule has 1 heterocycles. The molecule has 1 aliphatic carbocycles. The Morgan fingerprint density at radius 2 is 1.69 bits per heavy atom. The standard InChI is InChI=1S/C27H32N2O6/c1-3-16(2)12-23(25(31)29-14-17(30)13-24(29)26(32)33)28-27(34)35-15-22-20-10-6-4-8-18(20)19-9-5-7-11-21(19)22/h4-11,16-17,22-24,30H,3,12-15H2,1-2H3,(H,28,34)(H,32,33)/t16?,17?,23?,24-/m0/s1. The number of likely N-dealkylation sites (tertiary alicyclic amines) is 1. The number of nitrogens with zero attached hydrogens (tertiary/aromatic N) is 1. The second-order valence-corrected chi connectivity index (χ2v) is 9.51. The summed E-state index contributed by atoms with van der Waals surface area (Å²) < 4.78 is 5.61. The number of β-amino-alcohol motifs (C(OH)–C–C–N with tert-alkyl or cyclic N) is 1. The van der Waals surface area contributed by atoms with Crippen LogP contribution in [0, 0.1) is 5.92 Å². The van der Waals surface area contributed by atoms with Crippen molar-refractivity contribution >= 4 is 18.0 Å². The van der Waals surface area contributed by atoms with Gasteiger partial charge in [0, 0.05) is 18.9 Å². The molecule has 186 valence electrons. The Hall–Kier alpha value is -3.39. The number of rotatable bonds is 8. The molecule has 8 nitrogen and oxygen atoms in total.